The molecule has 2 aliphatic heterocycles. The summed E-state index contributed by atoms with van der Waals surface area (Å²) in [6, 6.07) is 19.3. The lowest BCUT2D eigenvalue weighted by Gasteiger charge is -2.34. The molecule has 0 aromatic heterocycles. The second kappa shape index (κ2) is 10.4. The van der Waals surface area contributed by atoms with Gasteiger partial charge >= 0.3 is 0 Å². The molecule has 1 atom stereocenters. The van der Waals surface area contributed by atoms with Gasteiger partial charge in [0.05, 0.1) is 28.4 Å². The standard InChI is InChI=1S/C27H26ClN3O5S/c28-19-12-14-20(15-13-19)37(34,35)31-18-25(36-24-11-5-4-10-23(24)31)26(32)29-22-9-3-2-8-21(22)27(33)30-16-6-1-7-17-30/h2-5,8-15,25H,1,6-7,16-18H2,(H,29,32)/t25-/m1/s1. The quantitative estimate of drug-likeness (QED) is 0.513. The summed E-state index contributed by atoms with van der Waals surface area (Å²) in [5.74, 6) is -0.425. The number of hydrogen-bond acceptors (Lipinski definition) is 5. The van der Waals surface area contributed by atoms with E-state index in [1.54, 1.807) is 53.4 Å². The van der Waals surface area contributed by atoms with Crippen LogP contribution in [0.4, 0.5) is 11.4 Å². The number of hydrogen-bond donors (Lipinski definition) is 1. The first-order valence-corrected chi connectivity index (χ1v) is 13.9. The molecule has 2 amide bonds. The normalized spacial score (nSPS) is 17.5. The van der Waals surface area contributed by atoms with E-state index in [0.717, 1.165) is 19.3 Å². The highest BCUT2D eigenvalue weighted by Crippen LogP contribution is 2.37. The summed E-state index contributed by atoms with van der Waals surface area (Å²) >= 11 is 5.95. The minimum absolute atomic E-state index is 0.0465. The van der Waals surface area contributed by atoms with Crippen LogP contribution in [0.3, 0.4) is 0 Å². The summed E-state index contributed by atoms with van der Waals surface area (Å²) < 4.78 is 34.2. The van der Waals surface area contributed by atoms with Crippen LogP contribution in [0.1, 0.15) is 29.6 Å². The molecular formula is C27H26ClN3O5S. The Morgan fingerprint density at radius 3 is 2.32 bits per heavy atom. The number of carbonyl (C=O) groups is 2. The van der Waals surface area contributed by atoms with Gasteiger partial charge in [-0.3, -0.25) is 13.9 Å². The SMILES string of the molecule is O=C(Nc1ccccc1C(=O)N1CCCCC1)[C@H]1CN(S(=O)(=O)c2ccc(Cl)cc2)c2ccccc2O1. The molecule has 0 spiro atoms. The van der Waals surface area contributed by atoms with E-state index in [-0.39, 0.29) is 23.1 Å². The highest BCUT2D eigenvalue weighted by Gasteiger charge is 2.38. The van der Waals surface area contributed by atoms with E-state index in [1.165, 1.54) is 28.6 Å². The fourth-order valence-corrected chi connectivity index (χ4v) is 6.16. The van der Waals surface area contributed by atoms with Crippen LogP contribution in [0, 0.1) is 0 Å². The van der Waals surface area contributed by atoms with Crippen molar-refractivity contribution in [1.82, 2.24) is 4.90 Å². The second-order valence-electron chi connectivity index (χ2n) is 8.95. The zero-order valence-electron chi connectivity index (χ0n) is 20.0. The Bertz CT molecular complexity index is 1420. The van der Waals surface area contributed by atoms with Gasteiger partial charge in [-0.25, -0.2) is 8.42 Å². The zero-order chi connectivity index (χ0) is 26.0. The highest BCUT2D eigenvalue weighted by atomic mass is 35.5. The average Bonchev–Trinajstić information content (AvgIpc) is 2.93. The van der Waals surface area contributed by atoms with Gasteiger partial charge in [0.2, 0.25) is 0 Å². The van der Waals surface area contributed by atoms with Gasteiger partial charge in [0.25, 0.3) is 21.8 Å². The molecule has 0 bridgehead atoms. The zero-order valence-corrected chi connectivity index (χ0v) is 21.5. The first-order valence-electron chi connectivity index (χ1n) is 12.1. The lowest BCUT2D eigenvalue weighted by Crippen LogP contribution is -2.49. The molecule has 2 heterocycles. The number of sulfonamides is 1. The van der Waals surface area contributed by atoms with Crippen LogP contribution < -0.4 is 14.4 Å². The monoisotopic (exact) mass is 539 g/mol. The molecule has 1 fully saturated rings. The molecule has 1 N–H and O–H groups in total. The van der Waals surface area contributed by atoms with Crippen molar-refractivity contribution in [3.05, 3.63) is 83.4 Å². The van der Waals surface area contributed by atoms with Crippen molar-refractivity contribution in [3.63, 3.8) is 0 Å². The van der Waals surface area contributed by atoms with E-state index in [2.05, 4.69) is 5.32 Å². The summed E-state index contributed by atoms with van der Waals surface area (Å²) in [4.78, 5) is 28.4. The average molecular weight is 540 g/mol. The molecule has 2 aliphatic rings. The number of para-hydroxylation sites is 3. The van der Waals surface area contributed by atoms with Gasteiger partial charge in [0.1, 0.15) is 5.75 Å². The fourth-order valence-electron chi connectivity index (χ4n) is 4.56. The number of benzene rings is 3. The largest absolute Gasteiger partial charge is 0.476 e. The Hall–Kier alpha value is -3.56. The van der Waals surface area contributed by atoms with Crippen LogP contribution in [0.15, 0.2) is 77.7 Å². The second-order valence-corrected chi connectivity index (χ2v) is 11.3. The van der Waals surface area contributed by atoms with E-state index >= 15 is 0 Å². The van der Waals surface area contributed by atoms with Gasteiger partial charge in [-0.2, -0.15) is 0 Å². The summed E-state index contributed by atoms with van der Waals surface area (Å²) in [6.45, 7) is 1.12. The van der Waals surface area contributed by atoms with Crippen molar-refractivity contribution < 1.29 is 22.7 Å². The number of piperidine rings is 1. The van der Waals surface area contributed by atoms with Crippen molar-refractivity contribution in [2.45, 2.75) is 30.3 Å². The molecule has 37 heavy (non-hydrogen) atoms. The Morgan fingerprint density at radius 2 is 1.57 bits per heavy atom. The topological polar surface area (TPSA) is 96.0 Å². The number of rotatable bonds is 5. The van der Waals surface area contributed by atoms with Crippen LogP contribution >= 0.6 is 11.6 Å². The molecule has 1 saturated heterocycles. The number of fused-ring (bicyclic) bond motifs is 1. The maximum atomic E-state index is 13.6. The Balaban J connectivity index is 1.42. The van der Waals surface area contributed by atoms with Gasteiger partial charge in [-0.1, -0.05) is 35.9 Å². The molecular weight excluding hydrogens is 514 g/mol. The van der Waals surface area contributed by atoms with Gasteiger partial charge < -0.3 is 15.0 Å². The van der Waals surface area contributed by atoms with Crippen LogP contribution in [-0.4, -0.2) is 50.9 Å². The summed E-state index contributed by atoms with van der Waals surface area (Å²) in [7, 11) is -4.01. The molecule has 0 radical (unpaired) electrons. The molecule has 3 aromatic carbocycles. The molecule has 192 valence electrons. The van der Waals surface area contributed by atoms with Crippen molar-refractivity contribution in [2.75, 3.05) is 29.3 Å². The van der Waals surface area contributed by atoms with Crippen LogP contribution in [0.25, 0.3) is 0 Å². The summed E-state index contributed by atoms with van der Waals surface area (Å²) in [6.07, 6.45) is 1.86. The van der Waals surface area contributed by atoms with Crippen LogP contribution in [0.5, 0.6) is 5.75 Å². The van der Waals surface area contributed by atoms with E-state index in [0.29, 0.717) is 35.1 Å². The molecule has 3 aromatic rings. The third-order valence-electron chi connectivity index (χ3n) is 6.49. The lowest BCUT2D eigenvalue weighted by molar-refractivity contribution is -0.122. The predicted octanol–water partition coefficient (Wildman–Crippen LogP) is 4.56. The molecule has 10 heteroatoms. The molecule has 5 rings (SSSR count). The summed E-state index contributed by atoms with van der Waals surface area (Å²) in [5, 5.41) is 3.21. The molecule has 8 nitrogen and oxygen atoms in total. The van der Waals surface area contributed by atoms with E-state index in [4.69, 9.17) is 16.3 Å². The van der Waals surface area contributed by atoms with E-state index in [9.17, 15) is 18.0 Å². The number of carbonyl (C=O) groups excluding carboxylic acids is 2. The van der Waals surface area contributed by atoms with Gasteiger partial charge in [0, 0.05) is 18.1 Å². The van der Waals surface area contributed by atoms with Crippen LogP contribution in [-0.2, 0) is 14.8 Å². The highest BCUT2D eigenvalue weighted by molar-refractivity contribution is 7.92. The number of likely N-dealkylation sites (tertiary alicyclic amines) is 1. The maximum Gasteiger partial charge on any atom is 0.267 e. The number of ether oxygens (including phenoxy) is 1. The first-order chi connectivity index (χ1) is 17.8. The Labute approximate surface area is 220 Å². The molecule has 0 aliphatic carbocycles. The van der Waals surface area contributed by atoms with Crippen molar-refractivity contribution in [2.24, 2.45) is 0 Å². The number of amides is 2. The van der Waals surface area contributed by atoms with Gasteiger partial charge in [-0.05, 0) is 67.8 Å². The third kappa shape index (κ3) is 5.14. The number of nitrogens with zero attached hydrogens (tertiary/aromatic N) is 2. The minimum atomic E-state index is -4.01. The van der Waals surface area contributed by atoms with E-state index in [1.807, 2.05) is 0 Å². The predicted molar refractivity (Wildman–Crippen MR) is 142 cm³/mol. The van der Waals surface area contributed by atoms with Crippen molar-refractivity contribution in [1.29, 1.82) is 0 Å². The minimum Gasteiger partial charge on any atom is -0.476 e. The number of anilines is 2. The molecule has 0 saturated carbocycles. The van der Waals surface area contributed by atoms with Crippen molar-refractivity contribution in [3.8, 4) is 5.75 Å². The molecule has 0 unspecified atom stereocenters. The van der Waals surface area contributed by atoms with Gasteiger partial charge in [-0.15, -0.1) is 0 Å². The Morgan fingerprint density at radius 1 is 0.892 bits per heavy atom. The maximum absolute atomic E-state index is 13.6. The van der Waals surface area contributed by atoms with Gasteiger partial charge in [0.15, 0.2) is 6.10 Å². The smallest absolute Gasteiger partial charge is 0.267 e. The third-order valence-corrected chi connectivity index (χ3v) is 8.53. The van der Waals surface area contributed by atoms with Crippen LogP contribution in [0.2, 0.25) is 5.02 Å². The Kier molecular flexibility index (Phi) is 7.08. The first kappa shape index (κ1) is 25.1. The number of halogens is 1. The lowest BCUT2D eigenvalue weighted by atomic mass is 10.1. The van der Waals surface area contributed by atoms with Crippen molar-refractivity contribution >= 4 is 44.8 Å². The summed E-state index contributed by atoms with van der Waals surface area (Å²) in [5.41, 5.74) is 1.08. The van der Waals surface area contributed by atoms with E-state index < -0.39 is 22.0 Å². The fraction of sp³-hybridized carbons (Fsp3) is 0.259. The number of nitrogens with one attached hydrogen (secondary N) is 1.